The van der Waals surface area contributed by atoms with Gasteiger partial charge in [0.05, 0.1) is 5.75 Å². The van der Waals surface area contributed by atoms with Gasteiger partial charge in [0.2, 0.25) is 10.0 Å². The molecule has 76 valence electrons. The summed E-state index contributed by atoms with van der Waals surface area (Å²) in [6.45, 7) is 0.962. The van der Waals surface area contributed by atoms with Crippen molar-refractivity contribution in [2.45, 2.75) is 37.8 Å². The molecule has 1 saturated carbocycles. The predicted molar refractivity (Wildman–Crippen MR) is 51.0 cm³/mol. The Kier molecular flexibility index (Phi) is 2.58. The van der Waals surface area contributed by atoms with Gasteiger partial charge in [-0.15, -0.1) is 0 Å². The van der Waals surface area contributed by atoms with Crippen molar-refractivity contribution >= 4 is 10.0 Å². The fourth-order valence-corrected chi connectivity index (χ4v) is 3.24. The summed E-state index contributed by atoms with van der Waals surface area (Å²) in [5, 5.41) is 3.09. The number of sulfonamides is 1. The lowest BCUT2D eigenvalue weighted by atomic mass is 9.94. The third kappa shape index (κ3) is 2.42. The molecule has 0 aromatic rings. The van der Waals surface area contributed by atoms with E-state index in [-0.39, 0.29) is 17.8 Å². The Morgan fingerprint density at radius 3 is 2.38 bits per heavy atom. The Labute approximate surface area is 79.1 Å². The zero-order chi connectivity index (χ0) is 9.31. The number of hydrogen-bond acceptors (Lipinski definition) is 3. The largest absolute Gasteiger partial charge is 0.313 e. The van der Waals surface area contributed by atoms with Crippen molar-refractivity contribution in [2.24, 2.45) is 0 Å². The Hall–Kier alpha value is -0.130. The normalized spacial score (nSPS) is 29.4. The van der Waals surface area contributed by atoms with E-state index in [2.05, 4.69) is 10.0 Å². The van der Waals surface area contributed by atoms with E-state index in [0.717, 1.165) is 32.2 Å². The molecule has 0 aromatic carbocycles. The highest BCUT2D eigenvalue weighted by atomic mass is 32.2. The van der Waals surface area contributed by atoms with E-state index in [1.54, 1.807) is 0 Å². The lowest BCUT2D eigenvalue weighted by Gasteiger charge is -2.30. The first-order valence-electron chi connectivity index (χ1n) is 4.89. The van der Waals surface area contributed by atoms with E-state index in [1.807, 2.05) is 0 Å². The molecule has 4 nitrogen and oxygen atoms in total. The highest BCUT2D eigenvalue weighted by molar-refractivity contribution is 7.89. The first kappa shape index (κ1) is 9.43. The second-order valence-corrected chi connectivity index (χ2v) is 5.77. The molecule has 0 bridgehead atoms. The Bertz CT molecular complexity index is 246. The molecule has 2 fully saturated rings. The van der Waals surface area contributed by atoms with Crippen LogP contribution in [0.2, 0.25) is 0 Å². The summed E-state index contributed by atoms with van der Waals surface area (Å²) in [7, 11) is -3.01. The van der Waals surface area contributed by atoms with Crippen molar-refractivity contribution in [3.8, 4) is 0 Å². The molecule has 0 spiro atoms. The first-order valence-corrected chi connectivity index (χ1v) is 6.54. The minimum Gasteiger partial charge on any atom is -0.313 e. The third-order valence-corrected chi connectivity index (χ3v) is 4.33. The summed E-state index contributed by atoms with van der Waals surface area (Å²) in [6, 6.07) is 0.419. The highest BCUT2D eigenvalue weighted by Crippen LogP contribution is 2.19. The van der Waals surface area contributed by atoms with Crippen LogP contribution in [0.4, 0.5) is 0 Å². The van der Waals surface area contributed by atoms with Crippen molar-refractivity contribution in [1.82, 2.24) is 10.0 Å². The van der Waals surface area contributed by atoms with Crippen LogP contribution < -0.4 is 10.0 Å². The van der Waals surface area contributed by atoms with Crippen LogP contribution in [-0.2, 0) is 10.0 Å². The number of rotatable bonds is 4. The van der Waals surface area contributed by atoms with Gasteiger partial charge in [0, 0.05) is 12.1 Å². The van der Waals surface area contributed by atoms with Crippen LogP contribution in [0.3, 0.4) is 0 Å². The van der Waals surface area contributed by atoms with Crippen LogP contribution in [0.1, 0.15) is 25.7 Å². The van der Waals surface area contributed by atoms with E-state index < -0.39 is 10.0 Å². The van der Waals surface area contributed by atoms with Crippen molar-refractivity contribution in [3.05, 3.63) is 0 Å². The molecule has 1 heterocycles. The molecule has 5 heteroatoms. The molecule has 2 aliphatic rings. The Balaban J connectivity index is 1.79. The molecule has 1 atom stereocenters. The lowest BCUT2D eigenvalue weighted by molar-refractivity contribution is 0.372. The van der Waals surface area contributed by atoms with Gasteiger partial charge in [0.1, 0.15) is 0 Å². The van der Waals surface area contributed by atoms with Gasteiger partial charge in [-0.3, -0.25) is 0 Å². The molecule has 0 aromatic heterocycles. The zero-order valence-electron chi connectivity index (χ0n) is 7.62. The molecule has 13 heavy (non-hydrogen) atoms. The maximum Gasteiger partial charge on any atom is 0.213 e. The molecule has 1 aliphatic carbocycles. The van der Waals surface area contributed by atoms with Crippen molar-refractivity contribution in [2.75, 3.05) is 12.3 Å². The highest BCUT2D eigenvalue weighted by Gasteiger charge is 2.27. The summed E-state index contributed by atoms with van der Waals surface area (Å²) in [6.07, 6.45) is 4.18. The van der Waals surface area contributed by atoms with E-state index >= 15 is 0 Å². The Morgan fingerprint density at radius 1 is 1.31 bits per heavy atom. The van der Waals surface area contributed by atoms with Crippen LogP contribution in [0, 0.1) is 0 Å². The summed E-state index contributed by atoms with van der Waals surface area (Å²) in [5.74, 6) is 0.253. The van der Waals surface area contributed by atoms with Crippen molar-refractivity contribution in [1.29, 1.82) is 0 Å². The maximum atomic E-state index is 11.5. The van der Waals surface area contributed by atoms with Crippen LogP contribution >= 0.6 is 0 Å². The van der Waals surface area contributed by atoms with Gasteiger partial charge >= 0.3 is 0 Å². The number of nitrogens with one attached hydrogen (secondary N) is 2. The first-order chi connectivity index (χ1) is 6.16. The van der Waals surface area contributed by atoms with Gasteiger partial charge in [0.15, 0.2) is 0 Å². The van der Waals surface area contributed by atoms with E-state index in [9.17, 15) is 8.42 Å². The molecule has 2 rings (SSSR count). The fourth-order valence-electron chi connectivity index (χ4n) is 1.58. The minimum absolute atomic E-state index is 0.192. The quantitative estimate of drug-likeness (QED) is 0.668. The van der Waals surface area contributed by atoms with Crippen LogP contribution in [-0.4, -0.2) is 32.8 Å². The van der Waals surface area contributed by atoms with Crippen molar-refractivity contribution < 1.29 is 8.42 Å². The van der Waals surface area contributed by atoms with E-state index in [0.29, 0.717) is 0 Å². The summed E-state index contributed by atoms with van der Waals surface area (Å²) in [5.41, 5.74) is 0. The average Bonchev–Trinajstić information content (AvgIpc) is 1.90. The third-order valence-electron chi connectivity index (χ3n) is 2.80. The van der Waals surface area contributed by atoms with Gasteiger partial charge < -0.3 is 5.32 Å². The van der Waals surface area contributed by atoms with Crippen LogP contribution in [0.5, 0.6) is 0 Å². The molecule has 1 unspecified atom stereocenters. The van der Waals surface area contributed by atoms with Gasteiger partial charge in [-0.1, -0.05) is 6.42 Å². The molecule has 1 aliphatic heterocycles. The lowest BCUT2D eigenvalue weighted by Crippen LogP contribution is -2.51. The number of hydrogen-bond donors (Lipinski definition) is 2. The monoisotopic (exact) mass is 204 g/mol. The fraction of sp³-hybridized carbons (Fsp3) is 1.00. The second kappa shape index (κ2) is 3.55. The molecule has 0 radical (unpaired) electrons. The molecule has 1 saturated heterocycles. The predicted octanol–water partition coefficient (Wildman–Crippen LogP) is -0.180. The molecular weight excluding hydrogens is 188 g/mol. The molecule has 0 amide bonds. The smallest absolute Gasteiger partial charge is 0.213 e. The van der Waals surface area contributed by atoms with E-state index in [4.69, 9.17) is 0 Å². The average molecular weight is 204 g/mol. The van der Waals surface area contributed by atoms with Gasteiger partial charge in [-0.2, -0.15) is 0 Å². The Morgan fingerprint density at radius 2 is 2.00 bits per heavy atom. The standard InChI is InChI=1S/C8H16N2O2S/c11-13(12,6-8-4-5-9-8)10-7-2-1-3-7/h7-10H,1-6H2. The topological polar surface area (TPSA) is 58.2 Å². The zero-order valence-corrected chi connectivity index (χ0v) is 8.44. The van der Waals surface area contributed by atoms with Crippen LogP contribution in [0.25, 0.3) is 0 Å². The SMILES string of the molecule is O=S(=O)(CC1CCN1)NC1CCC1. The van der Waals surface area contributed by atoms with E-state index in [1.165, 1.54) is 0 Å². The maximum absolute atomic E-state index is 11.5. The van der Waals surface area contributed by atoms with Gasteiger partial charge in [0.25, 0.3) is 0 Å². The van der Waals surface area contributed by atoms with Crippen LogP contribution in [0.15, 0.2) is 0 Å². The minimum atomic E-state index is -3.01. The molecular formula is C8H16N2O2S. The summed E-state index contributed by atoms with van der Waals surface area (Å²) in [4.78, 5) is 0. The summed E-state index contributed by atoms with van der Waals surface area (Å²) < 4.78 is 25.7. The summed E-state index contributed by atoms with van der Waals surface area (Å²) >= 11 is 0. The second-order valence-electron chi connectivity index (χ2n) is 3.97. The van der Waals surface area contributed by atoms with Gasteiger partial charge in [-0.05, 0) is 25.8 Å². The van der Waals surface area contributed by atoms with Crippen molar-refractivity contribution in [3.63, 3.8) is 0 Å². The molecule has 2 N–H and O–H groups in total. The van der Waals surface area contributed by atoms with Gasteiger partial charge in [-0.25, -0.2) is 13.1 Å².